The first-order valence-corrected chi connectivity index (χ1v) is 7.54. The molecule has 0 aliphatic carbocycles. The van der Waals surface area contributed by atoms with E-state index in [4.69, 9.17) is 0 Å². The fraction of sp³-hybridized carbons (Fsp3) is 0.278. The molecule has 0 unspecified atom stereocenters. The molecule has 2 N–H and O–H groups in total. The van der Waals surface area contributed by atoms with Gasteiger partial charge in [0.15, 0.2) is 0 Å². The zero-order valence-electron chi connectivity index (χ0n) is 12.7. The number of benzene rings is 2. The van der Waals surface area contributed by atoms with Crippen LogP contribution in [-0.4, -0.2) is 12.5 Å². The van der Waals surface area contributed by atoms with Gasteiger partial charge in [0.2, 0.25) is 0 Å². The molecule has 116 valence electrons. The second-order valence-corrected chi connectivity index (χ2v) is 5.41. The molecule has 3 rings (SSSR count). The first kappa shape index (κ1) is 16.4. The molecule has 1 aliphatic heterocycles. The monoisotopic (exact) mass is 316 g/mol. The highest BCUT2D eigenvalue weighted by molar-refractivity contribution is 6.05. The van der Waals surface area contributed by atoms with E-state index in [1.807, 2.05) is 36.4 Å². The zero-order valence-corrected chi connectivity index (χ0v) is 13.5. The summed E-state index contributed by atoms with van der Waals surface area (Å²) in [6.45, 7) is 3.10. The van der Waals surface area contributed by atoms with E-state index >= 15 is 0 Å². The standard InChI is InChI=1S/C18H20N2O.ClH/c1-2-5-13-6-3-4-7-17(13)20-18(21)15-8-9-16-14(12-15)10-11-19-16;/h3-4,6-9,12,19H,2,5,10-11H2,1H3,(H,20,21);1H. The maximum Gasteiger partial charge on any atom is 0.255 e. The number of para-hydroxylation sites is 1. The van der Waals surface area contributed by atoms with Gasteiger partial charge in [-0.25, -0.2) is 0 Å². The van der Waals surface area contributed by atoms with E-state index in [2.05, 4.69) is 23.6 Å². The fourth-order valence-electron chi connectivity index (χ4n) is 2.77. The van der Waals surface area contributed by atoms with Gasteiger partial charge in [-0.2, -0.15) is 0 Å². The lowest BCUT2D eigenvalue weighted by atomic mass is 10.1. The summed E-state index contributed by atoms with van der Waals surface area (Å²) in [6.07, 6.45) is 3.03. The van der Waals surface area contributed by atoms with Crippen molar-refractivity contribution in [1.82, 2.24) is 0 Å². The third-order valence-corrected chi connectivity index (χ3v) is 3.86. The predicted octanol–water partition coefficient (Wildman–Crippen LogP) is 4.28. The number of halogens is 1. The third kappa shape index (κ3) is 3.42. The van der Waals surface area contributed by atoms with Crippen LogP contribution in [0.2, 0.25) is 0 Å². The fourth-order valence-corrected chi connectivity index (χ4v) is 2.77. The molecule has 0 spiro atoms. The number of fused-ring (bicyclic) bond motifs is 1. The van der Waals surface area contributed by atoms with Crippen molar-refractivity contribution < 1.29 is 4.79 Å². The van der Waals surface area contributed by atoms with Gasteiger partial charge < -0.3 is 10.6 Å². The van der Waals surface area contributed by atoms with Crippen molar-refractivity contribution in [3.63, 3.8) is 0 Å². The van der Waals surface area contributed by atoms with E-state index in [0.717, 1.165) is 42.7 Å². The molecule has 3 nitrogen and oxygen atoms in total. The van der Waals surface area contributed by atoms with Crippen molar-refractivity contribution in [2.45, 2.75) is 26.2 Å². The number of carbonyl (C=O) groups is 1. The zero-order chi connectivity index (χ0) is 14.7. The number of carbonyl (C=O) groups excluding carboxylic acids is 1. The number of hydrogen-bond acceptors (Lipinski definition) is 2. The topological polar surface area (TPSA) is 41.1 Å². The summed E-state index contributed by atoms with van der Waals surface area (Å²) in [5.74, 6) is -0.0340. The van der Waals surface area contributed by atoms with E-state index < -0.39 is 0 Å². The smallest absolute Gasteiger partial charge is 0.255 e. The van der Waals surface area contributed by atoms with Crippen LogP contribution in [0.5, 0.6) is 0 Å². The van der Waals surface area contributed by atoms with Gasteiger partial charge in [0.05, 0.1) is 0 Å². The molecule has 0 saturated carbocycles. The summed E-state index contributed by atoms with van der Waals surface area (Å²) in [5.41, 5.74) is 5.21. The van der Waals surface area contributed by atoms with Crippen LogP contribution in [0.25, 0.3) is 0 Å². The van der Waals surface area contributed by atoms with Crippen molar-refractivity contribution >= 4 is 29.7 Å². The van der Waals surface area contributed by atoms with Crippen molar-refractivity contribution in [3.05, 3.63) is 59.2 Å². The number of rotatable bonds is 4. The van der Waals surface area contributed by atoms with Crippen LogP contribution in [0, 0.1) is 0 Å². The number of aryl methyl sites for hydroxylation is 1. The van der Waals surface area contributed by atoms with Crippen molar-refractivity contribution in [2.75, 3.05) is 17.2 Å². The second-order valence-electron chi connectivity index (χ2n) is 5.41. The van der Waals surface area contributed by atoms with E-state index in [1.165, 1.54) is 11.1 Å². The molecule has 0 aromatic heterocycles. The van der Waals surface area contributed by atoms with Crippen molar-refractivity contribution in [1.29, 1.82) is 0 Å². The molecule has 1 amide bonds. The van der Waals surface area contributed by atoms with E-state index in [-0.39, 0.29) is 18.3 Å². The Morgan fingerprint density at radius 1 is 1.23 bits per heavy atom. The summed E-state index contributed by atoms with van der Waals surface area (Å²) < 4.78 is 0. The maximum absolute atomic E-state index is 12.4. The van der Waals surface area contributed by atoms with Crippen LogP contribution in [0.3, 0.4) is 0 Å². The Bertz CT molecular complexity index is 670. The van der Waals surface area contributed by atoms with Gasteiger partial charge in [-0.05, 0) is 48.2 Å². The van der Waals surface area contributed by atoms with Crippen LogP contribution < -0.4 is 10.6 Å². The van der Waals surface area contributed by atoms with E-state index in [9.17, 15) is 4.79 Å². The Morgan fingerprint density at radius 3 is 2.86 bits per heavy atom. The summed E-state index contributed by atoms with van der Waals surface area (Å²) in [7, 11) is 0. The largest absolute Gasteiger partial charge is 0.384 e. The minimum Gasteiger partial charge on any atom is -0.384 e. The quantitative estimate of drug-likeness (QED) is 0.884. The molecule has 2 aromatic carbocycles. The van der Waals surface area contributed by atoms with Gasteiger partial charge in [0.1, 0.15) is 0 Å². The van der Waals surface area contributed by atoms with Gasteiger partial charge in [0, 0.05) is 23.5 Å². The molecular weight excluding hydrogens is 296 g/mol. The first-order valence-electron chi connectivity index (χ1n) is 7.54. The van der Waals surface area contributed by atoms with E-state index in [0.29, 0.717) is 0 Å². The van der Waals surface area contributed by atoms with Crippen LogP contribution in [0.1, 0.15) is 34.8 Å². The Hall–Kier alpha value is -2.00. The SMILES string of the molecule is CCCc1ccccc1NC(=O)c1ccc2c(c1)CCN2.Cl. The Labute approximate surface area is 137 Å². The molecule has 2 aromatic rings. The van der Waals surface area contributed by atoms with Crippen LogP contribution in [0.4, 0.5) is 11.4 Å². The average molecular weight is 317 g/mol. The lowest BCUT2D eigenvalue weighted by Gasteiger charge is -2.11. The van der Waals surface area contributed by atoms with Crippen LogP contribution >= 0.6 is 12.4 Å². The minimum absolute atomic E-state index is 0. The lowest BCUT2D eigenvalue weighted by Crippen LogP contribution is -2.13. The first-order chi connectivity index (χ1) is 10.3. The lowest BCUT2D eigenvalue weighted by molar-refractivity contribution is 0.102. The van der Waals surface area contributed by atoms with Crippen molar-refractivity contribution in [2.24, 2.45) is 0 Å². The summed E-state index contributed by atoms with van der Waals surface area (Å²) in [6, 6.07) is 13.9. The number of hydrogen-bond donors (Lipinski definition) is 2. The van der Waals surface area contributed by atoms with Gasteiger partial charge in [-0.3, -0.25) is 4.79 Å². The van der Waals surface area contributed by atoms with Crippen molar-refractivity contribution in [3.8, 4) is 0 Å². The molecule has 1 aliphatic rings. The van der Waals surface area contributed by atoms with Gasteiger partial charge in [0.25, 0.3) is 5.91 Å². The van der Waals surface area contributed by atoms with Gasteiger partial charge in [-0.1, -0.05) is 31.5 Å². The second kappa shape index (κ2) is 7.32. The Kier molecular flexibility index (Phi) is 5.45. The highest BCUT2D eigenvalue weighted by Crippen LogP contribution is 2.24. The van der Waals surface area contributed by atoms with Gasteiger partial charge in [-0.15, -0.1) is 12.4 Å². The normalized spacial score (nSPS) is 12.0. The van der Waals surface area contributed by atoms with Crippen LogP contribution in [-0.2, 0) is 12.8 Å². The maximum atomic E-state index is 12.4. The number of nitrogens with one attached hydrogen (secondary N) is 2. The highest BCUT2D eigenvalue weighted by atomic mass is 35.5. The molecule has 22 heavy (non-hydrogen) atoms. The van der Waals surface area contributed by atoms with E-state index in [1.54, 1.807) is 0 Å². The molecule has 4 heteroatoms. The summed E-state index contributed by atoms with van der Waals surface area (Å²) in [4.78, 5) is 12.4. The number of amides is 1. The molecule has 0 radical (unpaired) electrons. The average Bonchev–Trinajstić information content (AvgIpc) is 2.97. The Balaban J connectivity index is 0.00000176. The molecule has 1 heterocycles. The Morgan fingerprint density at radius 2 is 2.05 bits per heavy atom. The molecule has 0 saturated heterocycles. The molecule has 0 fully saturated rings. The number of anilines is 2. The summed E-state index contributed by atoms with van der Waals surface area (Å²) >= 11 is 0. The molecule has 0 atom stereocenters. The minimum atomic E-state index is -0.0340. The van der Waals surface area contributed by atoms with Crippen LogP contribution in [0.15, 0.2) is 42.5 Å². The summed E-state index contributed by atoms with van der Waals surface area (Å²) in [5, 5.41) is 6.35. The third-order valence-electron chi connectivity index (χ3n) is 3.86. The van der Waals surface area contributed by atoms with Gasteiger partial charge >= 0.3 is 0 Å². The predicted molar refractivity (Wildman–Crippen MR) is 94.3 cm³/mol. The molecular formula is C18H21ClN2O. The highest BCUT2D eigenvalue weighted by Gasteiger charge is 2.14. The molecule has 0 bridgehead atoms.